The van der Waals surface area contributed by atoms with E-state index in [0.717, 1.165) is 17.7 Å². The molecule has 0 saturated heterocycles. The summed E-state index contributed by atoms with van der Waals surface area (Å²) in [7, 11) is 0. The summed E-state index contributed by atoms with van der Waals surface area (Å²) >= 11 is 6.23. The zero-order chi connectivity index (χ0) is 14.2. The smallest absolute Gasteiger partial charge is 0.249 e. The zero-order valence-electron chi connectivity index (χ0n) is 11.5. The van der Waals surface area contributed by atoms with Crippen molar-refractivity contribution >= 4 is 11.6 Å². The second-order valence-electron chi connectivity index (χ2n) is 6.37. The van der Waals surface area contributed by atoms with E-state index < -0.39 is 5.92 Å². The van der Waals surface area contributed by atoms with Crippen LogP contribution in [-0.2, 0) is 6.42 Å². The minimum Gasteiger partial charge on any atom is -0.259 e. The average molecular weight is 300 g/mol. The molecule has 0 N–H and O–H groups in total. The first-order valence-corrected chi connectivity index (χ1v) is 7.93. The number of hydrogen-bond donors (Lipinski definition) is 0. The van der Waals surface area contributed by atoms with Gasteiger partial charge in [-0.3, -0.25) is 4.98 Å². The molecule has 4 heteroatoms. The van der Waals surface area contributed by atoms with Gasteiger partial charge in [0.1, 0.15) is 0 Å². The van der Waals surface area contributed by atoms with Gasteiger partial charge >= 0.3 is 0 Å². The lowest BCUT2D eigenvalue weighted by Crippen LogP contribution is -2.34. The maximum atomic E-state index is 13.0. The van der Waals surface area contributed by atoms with E-state index in [9.17, 15) is 8.78 Å². The molecule has 2 aliphatic carbocycles. The third-order valence-electron chi connectivity index (χ3n) is 4.70. The van der Waals surface area contributed by atoms with Crippen LogP contribution in [0.5, 0.6) is 0 Å². The van der Waals surface area contributed by atoms with E-state index in [1.807, 2.05) is 6.07 Å². The molecule has 20 heavy (non-hydrogen) atoms. The van der Waals surface area contributed by atoms with Gasteiger partial charge in [-0.2, -0.15) is 0 Å². The summed E-state index contributed by atoms with van der Waals surface area (Å²) in [5, 5.41) is 0.686. The molecule has 0 aliphatic heterocycles. The van der Waals surface area contributed by atoms with Crippen LogP contribution < -0.4 is 0 Å². The topological polar surface area (TPSA) is 12.9 Å². The van der Waals surface area contributed by atoms with E-state index in [2.05, 4.69) is 4.98 Å². The molecule has 0 radical (unpaired) electrons. The SMILES string of the molecule is FC1(F)CC(c2cc(CC3CCCCC3)c(Cl)cn2)C1. The minimum absolute atomic E-state index is 0.0650. The standard InChI is InChI=1S/C16H20ClF2N/c17-14-10-20-15(13-8-16(18,19)9-13)7-12(14)6-11-4-2-1-3-5-11/h7,10-11,13H,1-6,8-9H2. The summed E-state index contributed by atoms with van der Waals surface area (Å²) in [6.45, 7) is 0. The van der Waals surface area contributed by atoms with E-state index in [0.29, 0.717) is 10.9 Å². The molecule has 3 rings (SSSR count). The Labute approximate surface area is 123 Å². The van der Waals surface area contributed by atoms with Crippen molar-refractivity contribution in [2.24, 2.45) is 5.92 Å². The molecule has 0 spiro atoms. The van der Waals surface area contributed by atoms with Gasteiger partial charge in [-0.15, -0.1) is 0 Å². The predicted octanol–water partition coefficient (Wildman–Crippen LogP) is 5.37. The second kappa shape index (κ2) is 5.59. The van der Waals surface area contributed by atoms with Crippen molar-refractivity contribution in [3.8, 4) is 0 Å². The summed E-state index contributed by atoms with van der Waals surface area (Å²) in [6.07, 6.45) is 8.94. The Balaban J connectivity index is 1.70. The van der Waals surface area contributed by atoms with Crippen molar-refractivity contribution in [3.05, 3.63) is 28.5 Å². The highest BCUT2D eigenvalue weighted by atomic mass is 35.5. The van der Waals surface area contributed by atoms with Gasteiger partial charge in [0.25, 0.3) is 0 Å². The molecule has 1 nitrogen and oxygen atoms in total. The van der Waals surface area contributed by atoms with Crippen LogP contribution in [0.25, 0.3) is 0 Å². The average Bonchev–Trinajstić information content (AvgIpc) is 2.40. The van der Waals surface area contributed by atoms with Crippen molar-refractivity contribution in [1.29, 1.82) is 0 Å². The molecule has 110 valence electrons. The summed E-state index contributed by atoms with van der Waals surface area (Å²) in [6, 6.07) is 1.97. The number of aromatic nitrogens is 1. The molecule has 2 fully saturated rings. The van der Waals surface area contributed by atoms with E-state index in [1.165, 1.54) is 32.1 Å². The molecular formula is C16H20ClF2N. The van der Waals surface area contributed by atoms with Gasteiger partial charge in [0, 0.05) is 30.7 Å². The molecular weight excluding hydrogens is 280 g/mol. The molecule has 2 saturated carbocycles. The van der Waals surface area contributed by atoms with Gasteiger partial charge in [0.15, 0.2) is 0 Å². The Hall–Kier alpha value is -0.700. The lowest BCUT2D eigenvalue weighted by molar-refractivity contribution is -0.0876. The normalized spacial score (nSPS) is 23.6. The van der Waals surface area contributed by atoms with E-state index in [-0.39, 0.29) is 18.8 Å². The molecule has 0 aromatic carbocycles. The van der Waals surface area contributed by atoms with Gasteiger partial charge in [-0.1, -0.05) is 43.7 Å². The highest BCUT2D eigenvalue weighted by Gasteiger charge is 2.46. The first kappa shape index (κ1) is 14.2. The van der Waals surface area contributed by atoms with Crippen LogP contribution in [0.1, 0.15) is 62.1 Å². The zero-order valence-corrected chi connectivity index (χ0v) is 12.3. The minimum atomic E-state index is -2.49. The van der Waals surface area contributed by atoms with Gasteiger partial charge in [-0.25, -0.2) is 8.78 Å². The van der Waals surface area contributed by atoms with Crippen LogP contribution in [0.15, 0.2) is 12.3 Å². The van der Waals surface area contributed by atoms with Crippen LogP contribution in [0.3, 0.4) is 0 Å². The Morgan fingerprint density at radius 2 is 1.90 bits per heavy atom. The van der Waals surface area contributed by atoms with Gasteiger partial charge in [0.2, 0.25) is 5.92 Å². The Morgan fingerprint density at radius 1 is 1.20 bits per heavy atom. The van der Waals surface area contributed by atoms with Crippen LogP contribution in [0.4, 0.5) is 8.78 Å². The summed E-state index contributed by atoms with van der Waals surface area (Å²) in [4.78, 5) is 4.25. The molecule has 0 unspecified atom stereocenters. The molecule has 1 aromatic rings. The Bertz CT molecular complexity index is 475. The Kier molecular flexibility index (Phi) is 3.98. The number of alkyl halides is 2. The van der Waals surface area contributed by atoms with Crippen molar-refractivity contribution in [2.75, 3.05) is 0 Å². The fourth-order valence-electron chi connectivity index (χ4n) is 3.45. The summed E-state index contributed by atoms with van der Waals surface area (Å²) < 4.78 is 25.9. The van der Waals surface area contributed by atoms with Gasteiger partial charge < -0.3 is 0 Å². The third-order valence-corrected chi connectivity index (χ3v) is 5.04. The van der Waals surface area contributed by atoms with Crippen LogP contribution in [0, 0.1) is 5.92 Å². The van der Waals surface area contributed by atoms with Crippen molar-refractivity contribution in [3.63, 3.8) is 0 Å². The van der Waals surface area contributed by atoms with E-state index >= 15 is 0 Å². The van der Waals surface area contributed by atoms with Crippen LogP contribution >= 0.6 is 11.6 Å². The number of rotatable bonds is 3. The summed E-state index contributed by atoms with van der Waals surface area (Å²) in [5.74, 6) is -1.89. The van der Waals surface area contributed by atoms with Crippen molar-refractivity contribution in [2.45, 2.75) is 63.2 Å². The predicted molar refractivity (Wildman–Crippen MR) is 76.4 cm³/mol. The largest absolute Gasteiger partial charge is 0.259 e. The van der Waals surface area contributed by atoms with Crippen LogP contribution in [-0.4, -0.2) is 10.9 Å². The second-order valence-corrected chi connectivity index (χ2v) is 6.78. The third kappa shape index (κ3) is 3.13. The van der Waals surface area contributed by atoms with Gasteiger partial charge in [0.05, 0.1) is 5.02 Å². The fraction of sp³-hybridized carbons (Fsp3) is 0.688. The quantitative estimate of drug-likeness (QED) is 0.731. The maximum Gasteiger partial charge on any atom is 0.249 e. The highest BCUT2D eigenvalue weighted by molar-refractivity contribution is 6.31. The summed E-state index contributed by atoms with van der Waals surface area (Å²) in [5.41, 5.74) is 1.89. The van der Waals surface area contributed by atoms with Gasteiger partial charge in [-0.05, 0) is 24.0 Å². The van der Waals surface area contributed by atoms with Crippen LogP contribution in [0.2, 0.25) is 5.02 Å². The van der Waals surface area contributed by atoms with Crippen molar-refractivity contribution < 1.29 is 8.78 Å². The fourth-order valence-corrected chi connectivity index (χ4v) is 3.63. The monoisotopic (exact) mass is 299 g/mol. The molecule has 2 aliphatic rings. The molecule has 0 bridgehead atoms. The maximum absolute atomic E-state index is 13.0. The lowest BCUT2D eigenvalue weighted by atomic mass is 9.78. The van der Waals surface area contributed by atoms with Crippen molar-refractivity contribution in [1.82, 2.24) is 4.98 Å². The number of pyridine rings is 1. The molecule has 0 atom stereocenters. The number of halogens is 3. The molecule has 1 heterocycles. The first-order chi connectivity index (χ1) is 9.53. The van der Waals surface area contributed by atoms with E-state index in [1.54, 1.807) is 6.20 Å². The highest BCUT2D eigenvalue weighted by Crippen LogP contribution is 2.48. The van der Waals surface area contributed by atoms with E-state index in [4.69, 9.17) is 11.6 Å². The first-order valence-electron chi connectivity index (χ1n) is 7.56. The lowest BCUT2D eigenvalue weighted by Gasteiger charge is -2.34. The Morgan fingerprint density at radius 3 is 2.55 bits per heavy atom. The molecule has 1 aromatic heterocycles. The number of nitrogens with zero attached hydrogens (tertiary/aromatic N) is 1. The number of hydrogen-bond acceptors (Lipinski definition) is 1. The molecule has 0 amide bonds.